The fraction of sp³-hybridized carbons (Fsp3) is 0.364. The molecule has 3 rings (SSSR count). The minimum Gasteiger partial charge on any atom is -0.377 e. The Morgan fingerprint density at radius 1 is 1.11 bits per heavy atom. The monoisotopic (exact) mass is 382 g/mol. The standard InChI is InChI=1S/C22H26N2O4/c25-21(23-12-6-13-27-16-17-7-2-1-3-8-17)18-9-4-10-19(15-18)24-22(26)20-11-5-14-28-20/h1-4,7-10,15,20H,5-6,11-14,16H2,(H,23,25)(H,24,26). The largest absolute Gasteiger partial charge is 0.377 e. The van der Waals surface area contributed by atoms with Gasteiger partial charge in [-0.05, 0) is 43.0 Å². The van der Waals surface area contributed by atoms with Gasteiger partial charge in [-0.15, -0.1) is 0 Å². The van der Waals surface area contributed by atoms with Crippen molar-refractivity contribution in [2.24, 2.45) is 0 Å². The molecule has 2 amide bonds. The van der Waals surface area contributed by atoms with E-state index < -0.39 is 6.10 Å². The maximum Gasteiger partial charge on any atom is 0.253 e. The van der Waals surface area contributed by atoms with Crippen LogP contribution in [0.2, 0.25) is 0 Å². The van der Waals surface area contributed by atoms with Gasteiger partial charge in [-0.2, -0.15) is 0 Å². The Kier molecular flexibility index (Phi) is 7.58. The minimum atomic E-state index is -0.395. The quantitative estimate of drug-likeness (QED) is 0.653. The molecule has 0 radical (unpaired) electrons. The molecular weight excluding hydrogens is 356 g/mol. The molecule has 1 unspecified atom stereocenters. The summed E-state index contributed by atoms with van der Waals surface area (Å²) in [5.74, 6) is -0.332. The van der Waals surface area contributed by atoms with E-state index >= 15 is 0 Å². The van der Waals surface area contributed by atoms with E-state index in [0.29, 0.717) is 37.6 Å². The Morgan fingerprint density at radius 3 is 2.75 bits per heavy atom. The fourth-order valence-electron chi connectivity index (χ4n) is 2.99. The molecule has 28 heavy (non-hydrogen) atoms. The predicted octanol–water partition coefficient (Wildman–Crippen LogP) is 3.14. The van der Waals surface area contributed by atoms with Crippen LogP contribution in [0.1, 0.15) is 35.2 Å². The van der Waals surface area contributed by atoms with Crippen LogP contribution in [-0.4, -0.2) is 37.7 Å². The molecule has 1 atom stereocenters. The number of nitrogens with one attached hydrogen (secondary N) is 2. The average molecular weight is 382 g/mol. The van der Waals surface area contributed by atoms with E-state index in [1.165, 1.54) is 0 Å². The number of hydrogen-bond donors (Lipinski definition) is 2. The summed E-state index contributed by atoms with van der Waals surface area (Å²) in [5, 5.41) is 5.69. The van der Waals surface area contributed by atoms with Gasteiger partial charge in [-0.25, -0.2) is 0 Å². The van der Waals surface area contributed by atoms with Crippen LogP contribution in [0.5, 0.6) is 0 Å². The summed E-state index contributed by atoms with van der Waals surface area (Å²) in [6.07, 6.45) is 1.97. The number of hydrogen-bond acceptors (Lipinski definition) is 4. The average Bonchev–Trinajstić information content (AvgIpc) is 3.26. The van der Waals surface area contributed by atoms with Crippen molar-refractivity contribution in [2.75, 3.05) is 25.1 Å². The zero-order chi connectivity index (χ0) is 19.6. The molecule has 148 valence electrons. The van der Waals surface area contributed by atoms with Crippen molar-refractivity contribution in [1.82, 2.24) is 5.32 Å². The zero-order valence-corrected chi connectivity index (χ0v) is 15.9. The normalized spacial score (nSPS) is 15.9. The first-order valence-corrected chi connectivity index (χ1v) is 9.65. The number of carbonyl (C=O) groups excluding carboxylic acids is 2. The van der Waals surface area contributed by atoms with Crippen LogP contribution < -0.4 is 10.6 Å². The van der Waals surface area contributed by atoms with Crippen molar-refractivity contribution in [3.05, 3.63) is 65.7 Å². The minimum absolute atomic E-state index is 0.161. The van der Waals surface area contributed by atoms with Crippen molar-refractivity contribution in [1.29, 1.82) is 0 Å². The molecule has 6 nitrogen and oxygen atoms in total. The van der Waals surface area contributed by atoms with E-state index in [1.54, 1.807) is 24.3 Å². The lowest BCUT2D eigenvalue weighted by Crippen LogP contribution is -2.27. The lowest BCUT2D eigenvalue weighted by atomic mass is 10.1. The summed E-state index contributed by atoms with van der Waals surface area (Å²) in [6.45, 7) is 2.30. The first kappa shape index (κ1) is 20.0. The number of rotatable bonds is 9. The van der Waals surface area contributed by atoms with Crippen molar-refractivity contribution < 1.29 is 19.1 Å². The summed E-state index contributed by atoms with van der Waals surface area (Å²) >= 11 is 0. The Bertz CT molecular complexity index is 773. The van der Waals surface area contributed by atoms with Gasteiger partial charge in [0.25, 0.3) is 11.8 Å². The highest BCUT2D eigenvalue weighted by Gasteiger charge is 2.23. The molecule has 1 aliphatic rings. The summed E-state index contributed by atoms with van der Waals surface area (Å²) < 4.78 is 11.0. The molecule has 0 saturated carbocycles. The Balaban J connectivity index is 1.37. The molecule has 0 aromatic heterocycles. The van der Waals surface area contributed by atoms with Gasteiger partial charge >= 0.3 is 0 Å². The molecule has 1 fully saturated rings. The van der Waals surface area contributed by atoms with Crippen LogP contribution in [0, 0.1) is 0 Å². The van der Waals surface area contributed by atoms with E-state index in [2.05, 4.69) is 10.6 Å². The van der Waals surface area contributed by atoms with Gasteiger partial charge in [0.15, 0.2) is 0 Å². The number of anilines is 1. The maximum atomic E-state index is 12.3. The van der Waals surface area contributed by atoms with Gasteiger partial charge in [-0.1, -0.05) is 36.4 Å². The number of carbonyl (C=O) groups is 2. The van der Waals surface area contributed by atoms with Gasteiger partial charge in [0, 0.05) is 31.0 Å². The van der Waals surface area contributed by atoms with E-state index in [4.69, 9.17) is 9.47 Å². The van der Waals surface area contributed by atoms with E-state index in [-0.39, 0.29) is 11.8 Å². The van der Waals surface area contributed by atoms with Crippen LogP contribution in [-0.2, 0) is 20.9 Å². The second-order valence-corrected chi connectivity index (χ2v) is 6.72. The highest BCUT2D eigenvalue weighted by atomic mass is 16.5. The van der Waals surface area contributed by atoms with Gasteiger partial charge in [0.05, 0.1) is 6.61 Å². The molecule has 2 aromatic carbocycles. The molecule has 1 heterocycles. The van der Waals surface area contributed by atoms with Gasteiger partial charge in [0.1, 0.15) is 6.10 Å². The number of ether oxygens (including phenoxy) is 2. The molecule has 6 heteroatoms. The second-order valence-electron chi connectivity index (χ2n) is 6.72. The van der Waals surface area contributed by atoms with Gasteiger partial charge in [-0.3, -0.25) is 9.59 Å². The summed E-state index contributed by atoms with van der Waals surface area (Å²) in [5.41, 5.74) is 2.24. The third-order valence-electron chi connectivity index (χ3n) is 4.48. The topological polar surface area (TPSA) is 76.7 Å². The Hall–Kier alpha value is -2.70. The first-order chi connectivity index (χ1) is 13.7. The lowest BCUT2D eigenvalue weighted by molar-refractivity contribution is -0.124. The van der Waals surface area contributed by atoms with Crippen molar-refractivity contribution in [2.45, 2.75) is 32.0 Å². The van der Waals surface area contributed by atoms with E-state index in [0.717, 1.165) is 24.8 Å². The number of amides is 2. The van der Waals surface area contributed by atoms with Crippen LogP contribution in [0.25, 0.3) is 0 Å². The van der Waals surface area contributed by atoms with Crippen molar-refractivity contribution in [3.8, 4) is 0 Å². The second kappa shape index (κ2) is 10.6. The highest BCUT2D eigenvalue weighted by molar-refractivity contribution is 5.98. The van der Waals surface area contributed by atoms with Gasteiger partial charge in [0.2, 0.25) is 0 Å². The van der Waals surface area contributed by atoms with E-state index in [1.807, 2.05) is 30.3 Å². The van der Waals surface area contributed by atoms with E-state index in [9.17, 15) is 9.59 Å². The molecule has 1 saturated heterocycles. The zero-order valence-electron chi connectivity index (χ0n) is 15.9. The summed E-state index contributed by atoms with van der Waals surface area (Å²) in [7, 11) is 0. The third-order valence-corrected chi connectivity index (χ3v) is 4.48. The molecule has 0 spiro atoms. The molecular formula is C22H26N2O4. The molecule has 2 N–H and O–H groups in total. The summed E-state index contributed by atoms with van der Waals surface area (Å²) in [6, 6.07) is 16.9. The predicted molar refractivity (Wildman–Crippen MR) is 107 cm³/mol. The van der Waals surface area contributed by atoms with Crippen LogP contribution >= 0.6 is 0 Å². The molecule has 1 aliphatic heterocycles. The summed E-state index contributed by atoms with van der Waals surface area (Å²) in [4.78, 5) is 24.4. The molecule has 2 aromatic rings. The SMILES string of the molecule is O=C(NCCCOCc1ccccc1)c1cccc(NC(=O)C2CCCO2)c1. The lowest BCUT2D eigenvalue weighted by Gasteiger charge is -2.11. The fourth-order valence-corrected chi connectivity index (χ4v) is 2.99. The Labute approximate surface area is 165 Å². The van der Waals surface area contributed by atoms with Gasteiger partial charge < -0.3 is 20.1 Å². The van der Waals surface area contributed by atoms with Crippen LogP contribution in [0.15, 0.2) is 54.6 Å². The third kappa shape index (κ3) is 6.18. The van der Waals surface area contributed by atoms with Crippen LogP contribution in [0.4, 0.5) is 5.69 Å². The molecule has 0 bridgehead atoms. The maximum absolute atomic E-state index is 12.3. The van der Waals surface area contributed by atoms with Crippen molar-refractivity contribution >= 4 is 17.5 Å². The molecule has 0 aliphatic carbocycles. The first-order valence-electron chi connectivity index (χ1n) is 9.65. The highest BCUT2D eigenvalue weighted by Crippen LogP contribution is 2.16. The van der Waals surface area contributed by atoms with Crippen molar-refractivity contribution in [3.63, 3.8) is 0 Å². The Morgan fingerprint density at radius 2 is 1.96 bits per heavy atom. The number of benzene rings is 2. The van der Waals surface area contributed by atoms with Crippen LogP contribution in [0.3, 0.4) is 0 Å². The smallest absolute Gasteiger partial charge is 0.253 e.